The fourth-order valence-corrected chi connectivity index (χ4v) is 1.43. The normalized spacial score (nSPS) is 9.94. The van der Waals surface area contributed by atoms with Gasteiger partial charge < -0.3 is 15.8 Å². The van der Waals surface area contributed by atoms with E-state index in [4.69, 9.17) is 22.1 Å². The molecule has 4 nitrogen and oxygen atoms in total. The Bertz CT molecular complexity index is 369. The molecule has 0 atom stereocenters. The van der Waals surface area contributed by atoms with Gasteiger partial charge in [-0.1, -0.05) is 11.6 Å². The van der Waals surface area contributed by atoms with Crippen molar-refractivity contribution in [1.82, 2.24) is 5.32 Å². The number of rotatable bonds is 5. The molecule has 1 amide bonds. The molecule has 0 aliphatic carbocycles. The Labute approximate surface area is 99.7 Å². The standard InChI is InChI=1S/C11H15ClN2O2/c1-2-14-11(15)7-16-10-4-3-9(12)5-8(10)6-13/h3-5H,2,6-7,13H2,1H3,(H,14,15). The lowest BCUT2D eigenvalue weighted by Crippen LogP contribution is -2.28. The minimum absolute atomic E-state index is 0.0114. The highest BCUT2D eigenvalue weighted by Gasteiger charge is 2.05. The highest BCUT2D eigenvalue weighted by molar-refractivity contribution is 6.30. The van der Waals surface area contributed by atoms with Crippen molar-refractivity contribution in [3.63, 3.8) is 0 Å². The predicted molar refractivity (Wildman–Crippen MR) is 63.5 cm³/mol. The largest absolute Gasteiger partial charge is 0.483 e. The Hall–Kier alpha value is -1.26. The van der Waals surface area contributed by atoms with Crippen LogP contribution < -0.4 is 15.8 Å². The zero-order valence-corrected chi connectivity index (χ0v) is 9.88. The molecule has 88 valence electrons. The summed E-state index contributed by atoms with van der Waals surface area (Å²) in [5.74, 6) is 0.443. The molecule has 1 aromatic rings. The minimum Gasteiger partial charge on any atom is -0.483 e. The quantitative estimate of drug-likeness (QED) is 0.819. The van der Waals surface area contributed by atoms with Crippen LogP contribution in [0.15, 0.2) is 18.2 Å². The maximum absolute atomic E-state index is 11.2. The molecule has 0 aromatic heterocycles. The van der Waals surface area contributed by atoms with Crippen molar-refractivity contribution < 1.29 is 9.53 Å². The number of carbonyl (C=O) groups excluding carboxylic acids is 1. The Morgan fingerprint density at radius 3 is 2.94 bits per heavy atom. The smallest absolute Gasteiger partial charge is 0.257 e. The number of halogens is 1. The van der Waals surface area contributed by atoms with Crippen LogP contribution in [0.2, 0.25) is 5.02 Å². The summed E-state index contributed by atoms with van der Waals surface area (Å²) < 4.78 is 5.35. The van der Waals surface area contributed by atoms with Crippen molar-refractivity contribution in [2.45, 2.75) is 13.5 Å². The van der Waals surface area contributed by atoms with Crippen LogP contribution in [0.4, 0.5) is 0 Å². The van der Waals surface area contributed by atoms with Gasteiger partial charge in [0.05, 0.1) is 0 Å². The molecule has 0 heterocycles. The lowest BCUT2D eigenvalue weighted by atomic mass is 10.2. The zero-order valence-electron chi connectivity index (χ0n) is 9.13. The summed E-state index contributed by atoms with van der Waals surface area (Å²) in [6, 6.07) is 5.14. The average molecular weight is 243 g/mol. The van der Waals surface area contributed by atoms with E-state index >= 15 is 0 Å². The van der Waals surface area contributed by atoms with Crippen LogP contribution in [0.1, 0.15) is 12.5 Å². The average Bonchev–Trinajstić information content (AvgIpc) is 2.27. The number of likely N-dealkylation sites (N-methyl/N-ethyl adjacent to an activating group) is 1. The molecule has 0 saturated heterocycles. The molecule has 16 heavy (non-hydrogen) atoms. The van der Waals surface area contributed by atoms with E-state index < -0.39 is 0 Å². The second-order valence-corrected chi connectivity index (χ2v) is 3.63. The SMILES string of the molecule is CCNC(=O)COc1ccc(Cl)cc1CN. The minimum atomic E-state index is -0.152. The molecule has 3 N–H and O–H groups in total. The Kier molecular flexibility index (Phi) is 5.08. The third kappa shape index (κ3) is 3.72. The first-order valence-corrected chi connectivity index (χ1v) is 5.43. The molecule has 0 bridgehead atoms. The lowest BCUT2D eigenvalue weighted by molar-refractivity contribution is -0.122. The summed E-state index contributed by atoms with van der Waals surface area (Å²) in [4.78, 5) is 11.2. The Balaban J connectivity index is 2.63. The van der Waals surface area contributed by atoms with Crippen LogP contribution in [0, 0.1) is 0 Å². The highest BCUT2D eigenvalue weighted by atomic mass is 35.5. The summed E-state index contributed by atoms with van der Waals surface area (Å²) in [5, 5.41) is 3.25. The second kappa shape index (κ2) is 6.35. The van der Waals surface area contributed by atoms with Gasteiger partial charge in [-0.05, 0) is 25.1 Å². The Morgan fingerprint density at radius 1 is 1.56 bits per heavy atom. The van der Waals surface area contributed by atoms with Crippen LogP contribution in [0.25, 0.3) is 0 Å². The molecule has 0 saturated carbocycles. The summed E-state index contributed by atoms with van der Waals surface area (Å²) in [6.45, 7) is 2.76. The van der Waals surface area contributed by atoms with Gasteiger partial charge in [0.1, 0.15) is 5.75 Å². The number of nitrogens with two attached hydrogens (primary N) is 1. The van der Waals surface area contributed by atoms with Crippen molar-refractivity contribution in [3.05, 3.63) is 28.8 Å². The van der Waals surface area contributed by atoms with Crippen molar-refractivity contribution in [1.29, 1.82) is 0 Å². The van der Waals surface area contributed by atoms with E-state index in [9.17, 15) is 4.79 Å². The van der Waals surface area contributed by atoms with E-state index in [1.54, 1.807) is 18.2 Å². The van der Waals surface area contributed by atoms with Crippen LogP contribution in [0.5, 0.6) is 5.75 Å². The molecule has 1 aromatic carbocycles. The van der Waals surface area contributed by atoms with Crippen LogP contribution >= 0.6 is 11.6 Å². The topological polar surface area (TPSA) is 64.3 Å². The molecule has 0 aliphatic rings. The maximum Gasteiger partial charge on any atom is 0.257 e. The predicted octanol–water partition coefficient (Wildman–Crippen LogP) is 1.31. The number of amides is 1. The van der Waals surface area contributed by atoms with Crippen molar-refractivity contribution in [3.8, 4) is 5.75 Å². The maximum atomic E-state index is 11.2. The van der Waals surface area contributed by atoms with Gasteiger partial charge in [0.25, 0.3) is 5.91 Å². The summed E-state index contributed by atoms with van der Waals surface area (Å²) in [6.07, 6.45) is 0. The fraction of sp³-hybridized carbons (Fsp3) is 0.364. The first kappa shape index (κ1) is 12.8. The number of ether oxygens (including phenoxy) is 1. The van der Waals surface area contributed by atoms with Crippen LogP contribution in [0.3, 0.4) is 0 Å². The highest BCUT2D eigenvalue weighted by Crippen LogP contribution is 2.22. The summed E-state index contributed by atoms with van der Waals surface area (Å²) in [5.41, 5.74) is 6.33. The van der Waals surface area contributed by atoms with Gasteiger partial charge in [-0.3, -0.25) is 4.79 Å². The number of nitrogens with one attached hydrogen (secondary N) is 1. The van der Waals surface area contributed by atoms with E-state index in [0.29, 0.717) is 23.9 Å². The van der Waals surface area contributed by atoms with Gasteiger partial charge >= 0.3 is 0 Å². The van der Waals surface area contributed by atoms with Gasteiger partial charge in [0.2, 0.25) is 0 Å². The number of hydrogen-bond acceptors (Lipinski definition) is 3. The monoisotopic (exact) mass is 242 g/mol. The zero-order chi connectivity index (χ0) is 12.0. The number of hydrogen-bond donors (Lipinski definition) is 2. The third-order valence-electron chi connectivity index (χ3n) is 1.98. The molecular formula is C11H15ClN2O2. The summed E-state index contributed by atoms with van der Waals surface area (Å²) >= 11 is 5.82. The van der Waals surface area contributed by atoms with E-state index in [-0.39, 0.29) is 12.5 Å². The molecule has 5 heteroatoms. The van der Waals surface area contributed by atoms with Gasteiger partial charge in [0, 0.05) is 23.7 Å². The molecule has 0 aliphatic heterocycles. The van der Waals surface area contributed by atoms with E-state index in [0.717, 1.165) is 5.56 Å². The molecule has 0 spiro atoms. The molecule has 0 unspecified atom stereocenters. The first-order chi connectivity index (χ1) is 7.67. The van der Waals surface area contributed by atoms with E-state index in [1.165, 1.54) is 0 Å². The van der Waals surface area contributed by atoms with Crippen molar-refractivity contribution in [2.75, 3.05) is 13.2 Å². The van der Waals surface area contributed by atoms with Gasteiger partial charge in [-0.15, -0.1) is 0 Å². The van der Waals surface area contributed by atoms with E-state index in [2.05, 4.69) is 5.32 Å². The second-order valence-electron chi connectivity index (χ2n) is 3.20. The molecule has 1 rings (SSSR count). The first-order valence-electron chi connectivity index (χ1n) is 5.05. The van der Waals surface area contributed by atoms with Crippen molar-refractivity contribution >= 4 is 17.5 Å². The fourth-order valence-electron chi connectivity index (χ4n) is 1.24. The van der Waals surface area contributed by atoms with Gasteiger partial charge in [0.15, 0.2) is 6.61 Å². The Morgan fingerprint density at radius 2 is 2.31 bits per heavy atom. The number of carbonyl (C=O) groups is 1. The van der Waals surface area contributed by atoms with E-state index in [1.807, 2.05) is 6.92 Å². The number of benzene rings is 1. The molecular weight excluding hydrogens is 228 g/mol. The molecule has 0 fully saturated rings. The van der Waals surface area contributed by atoms with Crippen molar-refractivity contribution in [2.24, 2.45) is 5.73 Å². The van der Waals surface area contributed by atoms with Gasteiger partial charge in [-0.2, -0.15) is 0 Å². The van der Waals surface area contributed by atoms with Crippen LogP contribution in [-0.4, -0.2) is 19.1 Å². The summed E-state index contributed by atoms with van der Waals surface area (Å²) in [7, 11) is 0. The molecule has 0 radical (unpaired) electrons. The lowest BCUT2D eigenvalue weighted by Gasteiger charge is -2.10. The van der Waals surface area contributed by atoms with Crippen LogP contribution in [-0.2, 0) is 11.3 Å². The third-order valence-corrected chi connectivity index (χ3v) is 2.21. The van der Waals surface area contributed by atoms with Gasteiger partial charge in [-0.25, -0.2) is 0 Å².